The molecule has 1 fully saturated rings. The van der Waals surface area contributed by atoms with E-state index < -0.39 is 0 Å². The molecule has 0 spiro atoms. The van der Waals surface area contributed by atoms with Gasteiger partial charge in [0.2, 0.25) is 0 Å². The third-order valence-electron chi connectivity index (χ3n) is 1.41. The van der Waals surface area contributed by atoms with Crippen molar-refractivity contribution in [1.82, 2.24) is 10.2 Å². The second-order valence-electron chi connectivity index (χ2n) is 2.14. The topological polar surface area (TPSA) is 35.5 Å². The van der Waals surface area contributed by atoms with Gasteiger partial charge >= 0.3 is 0 Å². The van der Waals surface area contributed by atoms with Gasteiger partial charge in [-0.2, -0.15) is 0 Å². The third kappa shape index (κ3) is 2.37. The van der Waals surface area contributed by atoms with Crippen molar-refractivity contribution in [3.8, 4) is 0 Å². The Morgan fingerprint density at radius 1 is 1.78 bits per heavy atom. The van der Waals surface area contributed by atoms with Crippen molar-refractivity contribution in [3.63, 3.8) is 0 Å². The van der Waals surface area contributed by atoms with Crippen molar-refractivity contribution in [2.45, 2.75) is 4.05 Å². The van der Waals surface area contributed by atoms with E-state index in [4.69, 9.17) is 5.11 Å². The normalized spacial score (nSPS) is 30.7. The molecule has 1 saturated heterocycles. The van der Waals surface area contributed by atoms with Crippen LogP contribution in [0.1, 0.15) is 0 Å². The van der Waals surface area contributed by atoms with Gasteiger partial charge < -0.3 is 10.4 Å². The number of aliphatic hydroxyl groups is 1. The SMILES string of the molecule is OCN1CCN[C@@H](I)C1. The lowest BCUT2D eigenvalue weighted by atomic mass is 10.4. The van der Waals surface area contributed by atoms with E-state index in [1.807, 2.05) is 4.90 Å². The van der Waals surface area contributed by atoms with Crippen LogP contribution in [-0.2, 0) is 0 Å². The molecular formula is C5H11IN2O. The number of alkyl halides is 1. The Hall–Kier alpha value is 0.610. The number of aliphatic hydroxyl groups excluding tert-OH is 1. The molecule has 0 amide bonds. The van der Waals surface area contributed by atoms with Crippen molar-refractivity contribution in [3.05, 3.63) is 0 Å². The monoisotopic (exact) mass is 242 g/mol. The first-order chi connectivity index (χ1) is 4.33. The molecule has 3 nitrogen and oxygen atoms in total. The molecule has 0 aromatic carbocycles. The summed E-state index contributed by atoms with van der Waals surface area (Å²) in [7, 11) is 0. The predicted octanol–water partition coefficient (Wildman–Crippen LogP) is -0.398. The van der Waals surface area contributed by atoms with E-state index in [1.165, 1.54) is 0 Å². The Morgan fingerprint density at radius 3 is 3.00 bits per heavy atom. The van der Waals surface area contributed by atoms with Crippen LogP contribution in [0.15, 0.2) is 0 Å². The standard InChI is InChI=1S/C5H11IN2O/c6-5-3-8(4-9)2-1-7-5/h5,7,9H,1-4H2/t5-/m1/s1. The molecule has 9 heavy (non-hydrogen) atoms. The Kier molecular flexibility index (Phi) is 3.17. The molecule has 1 atom stereocenters. The first-order valence-electron chi connectivity index (χ1n) is 3.03. The first kappa shape index (κ1) is 7.71. The lowest BCUT2D eigenvalue weighted by Gasteiger charge is -2.28. The lowest BCUT2D eigenvalue weighted by molar-refractivity contribution is 0.0933. The van der Waals surface area contributed by atoms with Crippen LogP contribution < -0.4 is 5.32 Å². The van der Waals surface area contributed by atoms with Gasteiger partial charge in [-0.15, -0.1) is 0 Å². The highest BCUT2D eigenvalue weighted by molar-refractivity contribution is 14.1. The molecule has 1 aliphatic rings. The fourth-order valence-corrected chi connectivity index (χ4v) is 1.76. The molecule has 0 bridgehead atoms. The van der Waals surface area contributed by atoms with Crippen LogP contribution >= 0.6 is 22.6 Å². The van der Waals surface area contributed by atoms with E-state index in [-0.39, 0.29) is 6.73 Å². The Morgan fingerprint density at radius 2 is 2.56 bits per heavy atom. The van der Waals surface area contributed by atoms with Crippen molar-refractivity contribution in [2.75, 3.05) is 26.4 Å². The maximum absolute atomic E-state index is 8.70. The zero-order valence-electron chi connectivity index (χ0n) is 5.18. The number of hydrogen-bond acceptors (Lipinski definition) is 3. The second kappa shape index (κ2) is 3.70. The highest BCUT2D eigenvalue weighted by atomic mass is 127. The quantitative estimate of drug-likeness (QED) is 0.373. The summed E-state index contributed by atoms with van der Waals surface area (Å²) in [5.41, 5.74) is 0. The number of hydrogen-bond donors (Lipinski definition) is 2. The van der Waals surface area contributed by atoms with Gasteiger partial charge in [-0.3, -0.25) is 4.90 Å². The Bertz CT molecular complexity index is 91.0. The van der Waals surface area contributed by atoms with E-state index in [9.17, 15) is 0 Å². The van der Waals surface area contributed by atoms with Crippen molar-refractivity contribution < 1.29 is 5.11 Å². The van der Waals surface area contributed by atoms with Crippen LogP contribution in [0.25, 0.3) is 0 Å². The minimum absolute atomic E-state index is 0.196. The maximum Gasteiger partial charge on any atom is 0.0957 e. The van der Waals surface area contributed by atoms with E-state index in [1.54, 1.807) is 0 Å². The van der Waals surface area contributed by atoms with E-state index >= 15 is 0 Å². The molecule has 0 unspecified atom stereocenters. The lowest BCUT2D eigenvalue weighted by Crippen LogP contribution is -2.47. The van der Waals surface area contributed by atoms with E-state index in [0.29, 0.717) is 4.05 Å². The number of rotatable bonds is 1. The molecular weight excluding hydrogens is 231 g/mol. The second-order valence-corrected chi connectivity index (χ2v) is 3.64. The van der Waals surface area contributed by atoms with E-state index in [2.05, 4.69) is 27.9 Å². The average molecular weight is 242 g/mol. The molecule has 0 aliphatic carbocycles. The van der Waals surface area contributed by atoms with Crippen LogP contribution in [0.4, 0.5) is 0 Å². The summed E-state index contributed by atoms with van der Waals surface area (Å²) in [6.07, 6.45) is 0. The molecule has 54 valence electrons. The Balaban J connectivity index is 2.23. The third-order valence-corrected chi connectivity index (χ3v) is 2.25. The molecule has 1 heterocycles. The van der Waals surface area contributed by atoms with Crippen molar-refractivity contribution in [2.24, 2.45) is 0 Å². The van der Waals surface area contributed by atoms with Gasteiger partial charge in [-0.1, -0.05) is 22.6 Å². The molecule has 1 aliphatic heterocycles. The molecule has 1 rings (SSSR count). The summed E-state index contributed by atoms with van der Waals surface area (Å²) < 4.78 is 0.503. The van der Waals surface area contributed by atoms with Gasteiger partial charge in [0.05, 0.1) is 10.8 Å². The highest BCUT2D eigenvalue weighted by Gasteiger charge is 2.14. The molecule has 0 saturated carbocycles. The van der Waals surface area contributed by atoms with Crippen molar-refractivity contribution >= 4 is 22.6 Å². The van der Waals surface area contributed by atoms with Crippen LogP contribution in [0.3, 0.4) is 0 Å². The first-order valence-corrected chi connectivity index (χ1v) is 4.28. The van der Waals surface area contributed by atoms with E-state index in [0.717, 1.165) is 19.6 Å². The molecule has 0 aromatic heterocycles. The van der Waals surface area contributed by atoms with Crippen LogP contribution in [0.2, 0.25) is 0 Å². The largest absolute Gasteiger partial charge is 0.381 e. The summed E-state index contributed by atoms with van der Waals surface area (Å²) in [6.45, 7) is 3.11. The summed E-state index contributed by atoms with van der Waals surface area (Å²) in [6, 6.07) is 0. The van der Waals surface area contributed by atoms with Crippen LogP contribution in [-0.4, -0.2) is 40.4 Å². The summed E-state index contributed by atoms with van der Waals surface area (Å²) >= 11 is 2.33. The van der Waals surface area contributed by atoms with Gasteiger partial charge in [0.15, 0.2) is 0 Å². The van der Waals surface area contributed by atoms with Gasteiger partial charge in [0.1, 0.15) is 0 Å². The summed E-state index contributed by atoms with van der Waals surface area (Å²) in [4.78, 5) is 2.02. The van der Waals surface area contributed by atoms with Gasteiger partial charge in [0.25, 0.3) is 0 Å². The molecule has 2 N–H and O–H groups in total. The minimum Gasteiger partial charge on any atom is -0.381 e. The van der Waals surface area contributed by atoms with Crippen molar-refractivity contribution in [1.29, 1.82) is 0 Å². The molecule has 4 heteroatoms. The summed E-state index contributed by atoms with van der Waals surface area (Å²) in [5.74, 6) is 0. The zero-order valence-corrected chi connectivity index (χ0v) is 7.34. The number of piperazine rings is 1. The molecule has 0 radical (unpaired) electrons. The maximum atomic E-state index is 8.70. The van der Waals surface area contributed by atoms with Crippen LogP contribution in [0, 0.1) is 0 Å². The fraction of sp³-hybridized carbons (Fsp3) is 1.00. The van der Waals surface area contributed by atoms with Gasteiger partial charge in [0, 0.05) is 19.6 Å². The number of halogens is 1. The zero-order chi connectivity index (χ0) is 6.69. The number of nitrogens with zero attached hydrogens (tertiary/aromatic N) is 1. The minimum atomic E-state index is 0.196. The van der Waals surface area contributed by atoms with Crippen LogP contribution in [0.5, 0.6) is 0 Å². The Labute approximate surface area is 68.6 Å². The fourth-order valence-electron chi connectivity index (χ4n) is 0.890. The summed E-state index contributed by atoms with van der Waals surface area (Å²) in [5, 5.41) is 12.0. The smallest absolute Gasteiger partial charge is 0.0957 e. The highest BCUT2D eigenvalue weighted by Crippen LogP contribution is 2.03. The number of nitrogens with one attached hydrogen (secondary N) is 1. The average Bonchev–Trinajstić information content (AvgIpc) is 1.88. The molecule has 0 aromatic rings. The van der Waals surface area contributed by atoms with Gasteiger partial charge in [-0.25, -0.2) is 0 Å². The van der Waals surface area contributed by atoms with Gasteiger partial charge in [-0.05, 0) is 0 Å². The predicted molar refractivity (Wildman–Crippen MR) is 44.5 cm³/mol.